The third-order valence-electron chi connectivity index (χ3n) is 4.23. The van der Waals surface area contributed by atoms with Crippen LogP contribution >= 0.6 is 0 Å². The number of anilines is 1. The predicted molar refractivity (Wildman–Crippen MR) is 87.6 cm³/mol. The average Bonchev–Trinajstić information content (AvgIpc) is 2.58. The number of carbonyl (C=O) groups is 3. The summed E-state index contributed by atoms with van der Waals surface area (Å²) in [4.78, 5) is 39.2. The Hall–Kier alpha value is -2.61. The summed E-state index contributed by atoms with van der Waals surface area (Å²) in [5.74, 6) is -1.42. The number of amides is 2. The molecule has 0 saturated carbocycles. The van der Waals surface area contributed by atoms with Crippen LogP contribution in [0, 0.1) is 6.92 Å². The van der Waals surface area contributed by atoms with Crippen LogP contribution in [0.5, 0.6) is 5.75 Å². The molecular weight excluding hydrogens is 328 g/mol. The summed E-state index contributed by atoms with van der Waals surface area (Å²) < 4.78 is 10.8. The van der Waals surface area contributed by atoms with Crippen molar-refractivity contribution >= 4 is 23.5 Å². The molecule has 1 fully saturated rings. The number of nitrogens with zero attached hydrogens (tertiary/aromatic N) is 2. The van der Waals surface area contributed by atoms with Gasteiger partial charge < -0.3 is 19.5 Å². The number of ether oxygens (including phenoxy) is 2. The van der Waals surface area contributed by atoms with Gasteiger partial charge in [0.1, 0.15) is 12.3 Å². The van der Waals surface area contributed by atoms with Crippen LogP contribution in [-0.4, -0.2) is 66.7 Å². The van der Waals surface area contributed by atoms with Gasteiger partial charge >= 0.3 is 5.97 Å². The fourth-order valence-electron chi connectivity index (χ4n) is 2.93. The maximum atomic E-state index is 12.7. The lowest BCUT2D eigenvalue weighted by Crippen LogP contribution is -2.52. The monoisotopic (exact) mass is 348 g/mol. The Morgan fingerprint density at radius 1 is 1.28 bits per heavy atom. The van der Waals surface area contributed by atoms with E-state index in [4.69, 9.17) is 14.6 Å². The number of fused-ring (bicyclic) bond motifs is 1. The number of aliphatic carboxylic acids is 1. The summed E-state index contributed by atoms with van der Waals surface area (Å²) in [6.45, 7) is 3.64. The third-order valence-corrected chi connectivity index (χ3v) is 4.23. The van der Waals surface area contributed by atoms with Crippen molar-refractivity contribution in [1.82, 2.24) is 4.90 Å². The average molecular weight is 348 g/mol. The Labute approximate surface area is 144 Å². The molecular formula is C17H20N2O6. The molecule has 8 nitrogen and oxygen atoms in total. The smallest absolute Gasteiger partial charge is 0.307 e. The number of hydrogen-bond acceptors (Lipinski definition) is 5. The molecule has 2 aliphatic heterocycles. The lowest BCUT2D eigenvalue weighted by molar-refractivity contribution is -0.143. The van der Waals surface area contributed by atoms with Gasteiger partial charge in [-0.15, -0.1) is 0 Å². The first-order valence-electron chi connectivity index (χ1n) is 8.11. The molecule has 0 aromatic heterocycles. The number of rotatable bonds is 4. The molecule has 0 bridgehead atoms. The zero-order chi connectivity index (χ0) is 18.0. The molecule has 2 amide bonds. The van der Waals surface area contributed by atoms with Gasteiger partial charge in [-0.2, -0.15) is 0 Å². The van der Waals surface area contributed by atoms with Crippen LogP contribution in [0.2, 0.25) is 0 Å². The largest absolute Gasteiger partial charge is 0.481 e. The molecule has 1 atom stereocenters. The molecule has 0 radical (unpaired) electrons. The number of morpholine rings is 1. The SMILES string of the molecule is Cc1ccc2c(c1)OC(CC(=O)O)C(=O)N2CC(=O)N1CCOCC1. The summed E-state index contributed by atoms with van der Waals surface area (Å²) in [7, 11) is 0. The summed E-state index contributed by atoms with van der Waals surface area (Å²) in [6, 6.07) is 5.27. The summed E-state index contributed by atoms with van der Waals surface area (Å²) in [6.07, 6.45) is -1.58. The van der Waals surface area contributed by atoms with Crippen molar-refractivity contribution in [3.8, 4) is 5.75 Å². The van der Waals surface area contributed by atoms with Gasteiger partial charge in [0.15, 0.2) is 6.10 Å². The van der Waals surface area contributed by atoms with Crippen LogP contribution in [-0.2, 0) is 19.1 Å². The first-order valence-corrected chi connectivity index (χ1v) is 8.11. The molecule has 0 aliphatic carbocycles. The van der Waals surface area contributed by atoms with Gasteiger partial charge in [-0.05, 0) is 24.6 Å². The highest BCUT2D eigenvalue weighted by Gasteiger charge is 2.37. The van der Waals surface area contributed by atoms with E-state index in [1.54, 1.807) is 17.0 Å². The summed E-state index contributed by atoms with van der Waals surface area (Å²) in [5.41, 5.74) is 1.40. The van der Waals surface area contributed by atoms with Crippen molar-refractivity contribution in [3.63, 3.8) is 0 Å². The van der Waals surface area contributed by atoms with E-state index in [0.717, 1.165) is 5.56 Å². The van der Waals surface area contributed by atoms with Crippen LogP contribution in [0.25, 0.3) is 0 Å². The second-order valence-corrected chi connectivity index (χ2v) is 6.09. The third kappa shape index (κ3) is 3.74. The quantitative estimate of drug-likeness (QED) is 0.847. The van der Waals surface area contributed by atoms with E-state index in [-0.39, 0.29) is 12.5 Å². The Kier molecular flexibility index (Phi) is 4.89. The van der Waals surface area contributed by atoms with E-state index >= 15 is 0 Å². The molecule has 1 N–H and O–H groups in total. The van der Waals surface area contributed by atoms with Crippen LogP contribution in [0.3, 0.4) is 0 Å². The molecule has 1 unspecified atom stereocenters. The van der Waals surface area contributed by atoms with E-state index < -0.39 is 24.4 Å². The van der Waals surface area contributed by atoms with E-state index in [0.29, 0.717) is 37.7 Å². The van der Waals surface area contributed by atoms with E-state index in [1.165, 1.54) is 4.90 Å². The van der Waals surface area contributed by atoms with Crippen LogP contribution in [0.1, 0.15) is 12.0 Å². The van der Waals surface area contributed by atoms with Crippen LogP contribution in [0.4, 0.5) is 5.69 Å². The van der Waals surface area contributed by atoms with Gasteiger partial charge in [0.25, 0.3) is 5.91 Å². The van der Waals surface area contributed by atoms with E-state index in [2.05, 4.69) is 0 Å². The molecule has 1 aromatic rings. The van der Waals surface area contributed by atoms with Crippen LogP contribution in [0.15, 0.2) is 18.2 Å². The molecule has 0 spiro atoms. The molecule has 25 heavy (non-hydrogen) atoms. The molecule has 1 saturated heterocycles. The van der Waals surface area contributed by atoms with E-state index in [9.17, 15) is 14.4 Å². The normalized spacial score (nSPS) is 20.0. The number of benzene rings is 1. The van der Waals surface area contributed by atoms with Crippen molar-refractivity contribution in [2.45, 2.75) is 19.4 Å². The number of carbonyl (C=O) groups excluding carboxylic acids is 2. The molecule has 1 aromatic carbocycles. The van der Waals surface area contributed by atoms with Crippen molar-refractivity contribution < 1.29 is 29.0 Å². The van der Waals surface area contributed by atoms with Gasteiger partial charge in [-0.1, -0.05) is 6.07 Å². The molecule has 2 heterocycles. The van der Waals surface area contributed by atoms with Crippen molar-refractivity contribution in [1.29, 1.82) is 0 Å². The standard InChI is InChI=1S/C17H20N2O6/c1-11-2-3-12-13(8-11)25-14(9-16(21)22)17(23)19(12)10-15(20)18-4-6-24-7-5-18/h2-3,8,14H,4-7,9-10H2,1H3,(H,21,22). The van der Waals surface area contributed by atoms with Crippen molar-refractivity contribution in [3.05, 3.63) is 23.8 Å². The van der Waals surface area contributed by atoms with Crippen molar-refractivity contribution in [2.24, 2.45) is 0 Å². The summed E-state index contributed by atoms with van der Waals surface area (Å²) in [5, 5.41) is 9.02. The van der Waals surface area contributed by atoms with Gasteiger partial charge in [-0.3, -0.25) is 19.3 Å². The molecule has 134 valence electrons. The fraction of sp³-hybridized carbons (Fsp3) is 0.471. The fourth-order valence-corrected chi connectivity index (χ4v) is 2.93. The van der Waals surface area contributed by atoms with Crippen molar-refractivity contribution in [2.75, 3.05) is 37.7 Å². The minimum absolute atomic E-state index is 0.144. The lowest BCUT2D eigenvalue weighted by atomic mass is 10.1. The number of carboxylic acid groups (broad SMARTS) is 1. The number of aryl methyl sites for hydroxylation is 1. The Bertz CT molecular complexity index is 698. The first-order chi connectivity index (χ1) is 12.0. The zero-order valence-corrected chi connectivity index (χ0v) is 13.9. The molecule has 3 rings (SSSR count). The minimum atomic E-state index is -1.13. The molecule has 2 aliphatic rings. The first kappa shape index (κ1) is 17.2. The number of hydrogen-bond donors (Lipinski definition) is 1. The Morgan fingerprint density at radius 3 is 2.68 bits per heavy atom. The highest BCUT2D eigenvalue weighted by molar-refractivity contribution is 6.05. The summed E-state index contributed by atoms with van der Waals surface area (Å²) >= 11 is 0. The Balaban J connectivity index is 1.85. The highest BCUT2D eigenvalue weighted by atomic mass is 16.5. The topological polar surface area (TPSA) is 96.4 Å². The second-order valence-electron chi connectivity index (χ2n) is 6.09. The maximum Gasteiger partial charge on any atom is 0.307 e. The number of carboxylic acids is 1. The second kappa shape index (κ2) is 7.10. The maximum absolute atomic E-state index is 12.7. The predicted octanol–water partition coefficient (Wildman–Crippen LogP) is 0.423. The molecule has 8 heteroatoms. The lowest BCUT2D eigenvalue weighted by Gasteiger charge is -2.35. The zero-order valence-electron chi connectivity index (χ0n) is 13.9. The van der Waals surface area contributed by atoms with Gasteiger partial charge in [-0.25, -0.2) is 0 Å². The Morgan fingerprint density at radius 2 is 2.00 bits per heavy atom. The highest BCUT2D eigenvalue weighted by Crippen LogP contribution is 2.35. The van der Waals surface area contributed by atoms with Gasteiger partial charge in [0, 0.05) is 13.1 Å². The van der Waals surface area contributed by atoms with Crippen LogP contribution < -0.4 is 9.64 Å². The van der Waals surface area contributed by atoms with Gasteiger partial charge in [0.2, 0.25) is 5.91 Å². The van der Waals surface area contributed by atoms with E-state index in [1.807, 2.05) is 13.0 Å². The minimum Gasteiger partial charge on any atom is -0.481 e. The van der Waals surface area contributed by atoms with Gasteiger partial charge in [0.05, 0.1) is 25.3 Å².